The molecule has 0 aromatic heterocycles. The van der Waals surface area contributed by atoms with E-state index in [4.69, 9.17) is 0 Å². The van der Waals surface area contributed by atoms with Gasteiger partial charge in [-0.1, -0.05) is 124 Å². The van der Waals surface area contributed by atoms with E-state index in [1.54, 1.807) is 26.5 Å². The lowest BCUT2D eigenvalue weighted by atomic mass is 9.86. The maximum Gasteiger partial charge on any atom is 0.0329 e. The number of fused-ring (bicyclic) bond motifs is 2. The maximum absolute atomic E-state index is 2.44. The van der Waals surface area contributed by atoms with Crippen molar-refractivity contribution in [3.8, 4) is 11.1 Å². The highest BCUT2D eigenvalue weighted by Crippen LogP contribution is 2.51. The van der Waals surface area contributed by atoms with E-state index in [1.165, 1.54) is 50.9 Å². The summed E-state index contributed by atoms with van der Waals surface area (Å²) in [6.07, 6.45) is 9.34. The Labute approximate surface area is 214 Å². The largest absolute Gasteiger partial charge is 0.0981 e. The Morgan fingerprint density at radius 3 is 2.21 bits per heavy atom. The van der Waals surface area contributed by atoms with Crippen LogP contribution in [-0.2, 0) is 5.41 Å². The van der Waals surface area contributed by atoms with Gasteiger partial charge in [-0.25, -0.2) is 0 Å². The Morgan fingerprint density at radius 2 is 1.62 bits per heavy atom. The van der Waals surface area contributed by atoms with Crippen molar-refractivity contribution in [3.63, 3.8) is 0 Å². The summed E-state index contributed by atoms with van der Waals surface area (Å²) in [5.74, 6) is 0.657. The molecule has 0 bridgehead atoms. The number of hydrogen-bond acceptors (Lipinski definition) is 1. The van der Waals surface area contributed by atoms with Crippen LogP contribution in [0.5, 0.6) is 0 Å². The fourth-order valence-corrected chi connectivity index (χ4v) is 7.86. The number of allylic oxidation sites excluding steroid dienone is 7. The molecule has 2 heteroatoms. The van der Waals surface area contributed by atoms with Crippen LogP contribution in [0.2, 0.25) is 0 Å². The van der Waals surface area contributed by atoms with Crippen molar-refractivity contribution in [2.75, 3.05) is 0 Å². The fraction of sp³-hybridized carbons (Fsp3) is 0.375. The third kappa shape index (κ3) is 4.72. The normalized spacial score (nSPS) is 21.0. The van der Waals surface area contributed by atoms with Crippen molar-refractivity contribution < 1.29 is 0 Å². The molecule has 1 heterocycles. The summed E-state index contributed by atoms with van der Waals surface area (Å²) in [4.78, 5) is 3.13. The van der Waals surface area contributed by atoms with E-state index >= 15 is 0 Å². The molecule has 0 nitrogen and oxygen atoms in total. The number of benzene rings is 2. The van der Waals surface area contributed by atoms with Gasteiger partial charge < -0.3 is 0 Å². The topological polar surface area (TPSA) is 0 Å². The molecule has 1 aliphatic heterocycles. The molecule has 0 spiro atoms. The second-order valence-electron chi connectivity index (χ2n) is 10.9. The third-order valence-corrected chi connectivity index (χ3v) is 10.5. The van der Waals surface area contributed by atoms with Gasteiger partial charge in [-0.15, -0.1) is 0 Å². The Hall–Kier alpha value is -2.03. The molecular weight excluding hydrogens is 445 g/mol. The molecule has 178 valence electrons. The molecule has 2 unspecified atom stereocenters. The van der Waals surface area contributed by atoms with Crippen LogP contribution in [0.3, 0.4) is 0 Å². The van der Waals surface area contributed by atoms with Crippen LogP contribution >= 0.6 is 11.8 Å². The number of thioether (sulfide) groups is 1. The summed E-state index contributed by atoms with van der Waals surface area (Å²) in [5.41, 5.74) is 12.8. The first-order valence-corrected chi connectivity index (χ1v) is 14.8. The average molecular weight is 485 g/mol. The number of hydrogen-bond donors (Lipinski definition) is 0. The van der Waals surface area contributed by atoms with Crippen LogP contribution in [-0.4, -0.2) is 10.2 Å². The molecule has 2 aromatic carbocycles. The minimum absolute atomic E-state index is 0.215. The molecule has 2 aromatic rings. The molecule has 0 radical (unpaired) electrons. The van der Waals surface area contributed by atoms with Gasteiger partial charge in [0.1, 0.15) is 0 Å². The van der Waals surface area contributed by atoms with Crippen LogP contribution < -0.4 is 0 Å². The van der Waals surface area contributed by atoms with Crippen LogP contribution in [0.4, 0.5) is 0 Å². The standard InChI is InChI=1S/C21H26Si.C11H14S/c1-5-14-13-19-17(7-6-8-18(19)20(14)22)15-9-11-16(12-10-15)21(2,3)4;1-4-9-8(3)11-7(2)5-6-10(11)12-9/h6-13,20H,5H2,1-4,22H3;5-6,11H,4H2,1-3H3. The van der Waals surface area contributed by atoms with E-state index in [2.05, 4.69) is 109 Å². The van der Waals surface area contributed by atoms with Gasteiger partial charge in [-0.3, -0.25) is 0 Å². The van der Waals surface area contributed by atoms with Gasteiger partial charge in [0.2, 0.25) is 0 Å². The monoisotopic (exact) mass is 484 g/mol. The maximum atomic E-state index is 2.44. The van der Waals surface area contributed by atoms with E-state index in [9.17, 15) is 0 Å². The Bertz CT molecular complexity index is 1200. The summed E-state index contributed by atoms with van der Waals surface area (Å²) in [6.45, 7) is 15.8. The van der Waals surface area contributed by atoms with Crippen LogP contribution in [0.1, 0.15) is 83.5 Å². The molecule has 0 amide bonds. The molecule has 0 saturated carbocycles. The molecule has 0 fully saturated rings. The van der Waals surface area contributed by atoms with Crippen LogP contribution in [0, 0.1) is 5.92 Å². The van der Waals surface area contributed by atoms with Gasteiger partial charge in [0, 0.05) is 21.1 Å². The predicted octanol–water partition coefficient (Wildman–Crippen LogP) is 8.74. The van der Waals surface area contributed by atoms with Gasteiger partial charge in [-0.2, -0.15) is 0 Å². The van der Waals surface area contributed by atoms with E-state index in [0.29, 0.717) is 11.5 Å². The zero-order valence-electron chi connectivity index (χ0n) is 22.3. The van der Waals surface area contributed by atoms with E-state index in [1.807, 2.05) is 11.8 Å². The second kappa shape index (κ2) is 9.91. The van der Waals surface area contributed by atoms with Crippen molar-refractivity contribution in [1.82, 2.24) is 0 Å². The quantitative estimate of drug-likeness (QED) is 0.392. The molecule has 0 N–H and O–H groups in total. The van der Waals surface area contributed by atoms with Crippen LogP contribution in [0.15, 0.2) is 81.1 Å². The second-order valence-corrected chi connectivity index (χ2v) is 13.2. The van der Waals surface area contributed by atoms with Crippen molar-refractivity contribution in [3.05, 3.63) is 97.8 Å². The SMILES string of the molecule is CCC1=C(C)C2C(C)=CC=C2S1.CCC1=Cc2c(-c3ccc(C(C)(C)C)cc3)cccc2C1[SiH3]. The molecule has 34 heavy (non-hydrogen) atoms. The zero-order valence-corrected chi connectivity index (χ0v) is 25.1. The lowest BCUT2D eigenvalue weighted by Gasteiger charge is -2.19. The van der Waals surface area contributed by atoms with Gasteiger partial charge in [0.25, 0.3) is 0 Å². The Morgan fingerprint density at radius 1 is 0.912 bits per heavy atom. The van der Waals surface area contributed by atoms with E-state index < -0.39 is 0 Å². The predicted molar refractivity (Wildman–Crippen MR) is 157 cm³/mol. The summed E-state index contributed by atoms with van der Waals surface area (Å²) in [5, 5.41) is 0. The van der Waals surface area contributed by atoms with Crippen molar-refractivity contribution in [2.45, 2.75) is 72.3 Å². The van der Waals surface area contributed by atoms with Crippen molar-refractivity contribution in [1.29, 1.82) is 0 Å². The van der Waals surface area contributed by atoms with Gasteiger partial charge in [0.05, 0.1) is 0 Å². The summed E-state index contributed by atoms with van der Waals surface area (Å²) in [6, 6.07) is 16.0. The van der Waals surface area contributed by atoms with Crippen molar-refractivity contribution in [2.24, 2.45) is 5.92 Å². The Kier molecular flexibility index (Phi) is 7.31. The highest BCUT2D eigenvalue weighted by Gasteiger charge is 2.30. The van der Waals surface area contributed by atoms with Crippen molar-refractivity contribution >= 4 is 28.1 Å². The molecule has 3 aliphatic rings. The molecular formula is C32H40SSi. The first-order chi connectivity index (χ1) is 16.2. The molecule has 2 atom stereocenters. The highest BCUT2D eigenvalue weighted by atomic mass is 32.2. The van der Waals surface area contributed by atoms with Crippen LogP contribution in [0.25, 0.3) is 17.2 Å². The van der Waals surface area contributed by atoms with Gasteiger partial charge in [-0.05, 0) is 70.4 Å². The molecule has 2 aliphatic carbocycles. The lowest BCUT2D eigenvalue weighted by Crippen LogP contribution is -2.10. The minimum Gasteiger partial charge on any atom is -0.0981 e. The number of rotatable bonds is 3. The highest BCUT2D eigenvalue weighted by molar-refractivity contribution is 8.07. The molecule has 5 rings (SSSR count). The smallest absolute Gasteiger partial charge is 0.0329 e. The molecule has 0 saturated heterocycles. The summed E-state index contributed by atoms with van der Waals surface area (Å²) in [7, 11) is 1.21. The fourth-order valence-electron chi connectivity index (χ4n) is 5.45. The average Bonchev–Trinajstić information content (AvgIpc) is 3.46. The summed E-state index contributed by atoms with van der Waals surface area (Å²) < 4.78 is 0. The minimum atomic E-state index is 0.215. The van der Waals surface area contributed by atoms with E-state index in [-0.39, 0.29) is 5.41 Å². The first kappa shape index (κ1) is 25.1. The zero-order chi connectivity index (χ0) is 24.6. The first-order valence-electron chi connectivity index (χ1n) is 12.9. The third-order valence-electron chi connectivity index (χ3n) is 7.65. The van der Waals surface area contributed by atoms with Gasteiger partial charge in [0.15, 0.2) is 0 Å². The van der Waals surface area contributed by atoms with E-state index in [0.717, 1.165) is 0 Å². The summed E-state index contributed by atoms with van der Waals surface area (Å²) >= 11 is 1.98. The lowest BCUT2D eigenvalue weighted by molar-refractivity contribution is 0.590. The Balaban J connectivity index is 0.000000192. The van der Waals surface area contributed by atoms with Gasteiger partial charge >= 0.3 is 0 Å².